The summed E-state index contributed by atoms with van der Waals surface area (Å²) < 4.78 is 27.7. The number of sulfonamides is 1. The summed E-state index contributed by atoms with van der Waals surface area (Å²) in [6, 6.07) is 6.33. The minimum absolute atomic E-state index is 0.0422. The van der Waals surface area contributed by atoms with Gasteiger partial charge >= 0.3 is 0 Å². The Balaban J connectivity index is 2.26. The maximum atomic E-state index is 12.2. The molecule has 118 valence electrons. The Morgan fingerprint density at radius 1 is 1.41 bits per heavy atom. The Morgan fingerprint density at radius 2 is 2.18 bits per heavy atom. The number of nitrogens with zero attached hydrogens (tertiary/aromatic N) is 2. The Labute approximate surface area is 133 Å². The predicted octanol–water partition coefficient (Wildman–Crippen LogP) is 1.98. The first-order chi connectivity index (χ1) is 10.4. The van der Waals surface area contributed by atoms with Gasteiger partial charge in [0.2, 0.25) is 10.0 Å². The zero-order chi connectivity index (χ0) is 16.2. The van der Waals surface area contributed by atoms with Gasteiger partial charge in [0, 0.05) is 29.9 Å². The molecule has 0 unspecified atom stereocenters. The first kappa shape index (κ1) is 16.4. The third-order valence-corrected chi connectivity index (χ3v) is 5.15. The van der Waals surface area contributed by atoms with Gasteiger partial charge in [-0.1, -0.05) is 13.0 Å². The van der Waals surface area contributed by atoms with E-state index in [1.807, 2.05) is 11.6 Å². The van der Waals surface area contributed by atoms with E-state index >= 15 is 0 Å². The van der Waals surface area contributed by atoms with Crippen LogP contribution in [0.15, 0.2) is 40.8 Å². The summed E-state index contributed by atoms with van der Waals surface area (Å²) in [6.45, 7) is 1.79. The molecule has 0 spiro atoms. The summed E-state index contributed by atoms with van der Waals surface area (Å²) in [5.74, 6) is -0.366. The van der Waals surface area contributed by atoms with E-state index in [1.165, 1.54) is 17.4 Å². The molecule has 2 rings (SSSR count). The third kappa shape index (κ3) is 4.28. The van der Waals surface area contributed by atoms with Gasteiger partial charge in [0.15, 0.2) is 4.80 Å². The third-order valence-electron chi connectivity index (χ3n) is 2.81. The van der Waals surface area contributed by atoms with Crippen LogP contribution in [0.25, 0.3) is 0 Å². The lowest BCUT2D eigenvalue weighted by Crippen LogP contribution is -2.16. The second-order valence-corrected chi connectivity index (χ2v) is 7.43. The standard InChI is InChI=1S/C14H17N3O3S2/c1-3-9-22(19,20)16-12-6-4-5-11(10-12)13(18)15-14-17(2)7-8-21-14/h4-8,10,16H,3,9H2,1-2H3. The van der Waals surface area contributed by atoms with Crippen molar-refractivity contribution in [3.63, 3.8) is 0 Å². The molecule has 0 bridgehead atoms. The van der Waals surface area contributed by atoms with E-state index in [1.54, 1.807) is 36.7 Å². The zero-order valence-electron chi connectivity index (χ0n) is 12.3. The highest BCUT2D eigenvalue weighted by molar-refractivity contribution is 7.92. The Bertz CT molecular complexity index is 835. The molecule has 8 heteroatoms. The van der Waals surface area contributed by atoms with Gasteiger partial charge in [-0.3, -0.25) is 9.52 Å². The van der Waals surface area contributed by atoms with Crippen LogP contribution < -0.4 is 9.52 Å². The summed E-state index contributed by atoms with van der Waals surface area (Å²) in [6.07, 6.45) is 2.34. The van der Waals surface area contributed by atoms with Crippen LogP contribution in [0.4, 0.5) is 5.69 Å². The summed E-state index contributed by atoms with van der Waals surface area (Å²) in [5.41, 5.74) is 0.704. The number of rotatable bonds is 5. The highest BCUT2D eigenvalue weighted by Gasteiger charge is 2.11. The van der Waals surface area contributed by atoms with Crippen LogP contribution in [-0.2, 0) is 17.1 Å². The number of hydrogen-bond donors (Lipinski definition) is 1. The fourth-order valence-corrected chi connectivity index (χ4v) is 3.65. The lowest BCUT2D eigenvalue weighted by Gasteiger charge is -2.07. The van der Waals surface area contributed by atoms with Crippen molar-refractivity contribution in [1.29, 1.82) is 0 Å². The van der Waals surface area contributed by atoms with Crippen LogP contribution in [0.3, 0.4) is 0 Å². The van der Waals surface area contributed by atoms with E-state index in [4.69, 9.17) is 0 Å². The maximum Gasteiger partial charge on any atom is 0.279 e. The summed E-state index contributed by atoms with van der Waals surface area (Å²) in [7, 11) is -1.57. The molecular formula is C14H17N3O3S2. The largest absolute Gasteiger partial charge is 0.327 e. The van der Waals surface area contributed by atoms with Crippen molar-refractivity contribution in [3.05, 3.63) is 46.2 Å². The van der Waals surface area contributed by atoms with Crippen molar-refractivity contribution in [2.75, 3.05) is 10.5 Å². The highest BCUT2D eigenvalue weighted by atomic mass is 32.2. The van der Waals surface area contributed by atoms with E-state index < -0.39 is 15.9 Å². The molecule has 1 heterocycles. The minimum atomic E-state index is -3.38. The molecule has 1 N–H and O–H groups in total. The molecule has 0 saturated carbocycles. The average Bonchev–Trinajstić information content (AvgIpc) is 2.84. The monoisotopic (exact) mass is 339 g/mol. The molecule has 0 radical (unpaired) electrons. The number of thiazole rings is 1. The first-order valence-electron chi connectivity index (χ1n) is 6.71. The maximum absolute atomic E-state index is 12.2. The van der Waals surface area contributed by atoms with Gasteiger partial charge in [-0.2, -0.15) is 4.99 Å². The summed E-state index contributed by atoms with van der Waals surface area (Å²) >= 11 is 1.36. The number of carbonyl (C=O) groups excluding carboxylic acids is 1. The lowest BCUT2D eigenvalue weighted by molar-refractivity contribution is 0.0998. The quantitative estimate of drug-likeness (QED) is 0.904. The van der Waals surface area contributed by atoms with Crippen molar-refractivity contribution >= 4 is 33.0 Å². The molecule has 0 aliphatic carbocycles. The number of benzene rings is 1. The van der Waals surface area contributed by atoms with E-state index in [0.717, 1.165) is 0 Å². The average molecular weight is 339 g/mol. The molecular weight excluding hydrogens is 322 g/mol. The van der Waals surface area contributed by atoms with Crippen LogP contribution in [0.2, 0.25) is 0 Å². The van der Waals surface area contributed by atoms with Gasteiger partial charge in [-0.15, -0.1) is 11.3 Å². The number of carbonyl (C=O) groups is 1. The van der Waals surface area contributed by atoms with Gasteiger partial charge < -0.3 is 4.57 Å². The minimum Gasteiger partial charge on any atom is -0.327 e. The van der Waals surface area contributed by atoms with Gasteiger partial charge in [-0.25, -0.2) is 8.42 Å². The van der Waals surface area contributed by atoms with Gasteiger partial charge in [-0.05, 0) is 24.6 Å². The smallest absolute Gasteiger partial charge is 0.279 e. The fourth-order valence-electron chi connectivity index (χ4n) is 1.80. The Hall–Kier alpha value is -1.93. The second-order valence-electron chi connectivity index (χ2n) is 4.72. The van der Waals surface area contributed by atoms with Crippen LogP contribution in [0.1, 0.15) is 23.7 Å². The molecule has 0 atom stereocenters. The summed E-state index contributed by atoms with van der Waals surface area (Å²) in [4.78, 5) is 16.8. The van der Waals surface area contributed by atoms with Crippen LogP contribution in [-0.4, -0.2) is 24.6 Å². The Morgan fingerprint density at radius 3 is 2.82 bits per heavy atom. The SMILES string of the molecule is CCCS(=O)(=O)Nc1cccc(C(=O)N=c2sccn2C)c1. The van der Waals surface area contributed by atoms with Crippen molar-refractivity contribution in [2.24, 2.45) is 12.0 Å². The van der Waals surface area contributed by atoms with Crippen molar-refractivity contribution in [3.8, 4) is 0 Å². The normalized spacial score (nSPS) is 12.4. The number of aromatic nitrogens is 1. The molecule has 6 nitrogen and oxygen atoms in total. The topological polar surface area (TPSA) is 80.5 Å². The molecule has 1 amide bonds. The van der Waals surface area contributed by atoms with E-state index in [2.05, 4.69) is 9.71 Å². The molecule has 0 aliphatic rings. The van der Waals surface area contributed by atoms with Gasteiger partial charge in [0.25, 0.3) is 5.91 Å². The number of amides is 1. The van der Waals surface area contributed by atoms with E-state index in [9.17, 15) is 13.2 Å². The number of nitrogens with one attached hydrogen (secondary N) is 1. The zero-order valence-corrected chi connectivity index (χ0v) is 13.9. The number of anilines is 1. The molecule has 0 fully saturated rings. The second kappa shape index (κ2) is 6.89. The lowest BCUT2D eigenvalue weighted by atomic mass is 10.2. The molecule has 1 aromatic carbocycles. The predicted molar refractivity (Wildman–Crippen MR) is 87.3 cm³/mol. The van der Waals surface area contributed by atoms with Crippen LogP contribution in [0.5, 0.6) is 0 Å². The van der Waals surface area contributed by atoms with Crippen molar-refractivity contribution < 1.29 is 13.2 Å². The van der Waals surface area contributed by atoms with Gasteiger partial charge in [0.1, 0.15) is 0 Å². The number of aryl methyl sites for hydroxylation is 1. The van der Waals surface area contributed by atoms with Crippen molar-refractivity contribution in [1.82, 2.24) is 4.57 Å². The van der Waals surface area contributed by atoms with E-state index in [0.29, 0.717) is 22.5 Å². The van der Waals surface area contributed by atoms with E-state index in [-0.39, 0.29) is 5.75 Å². The highest BCUT2D eigenvalue weighted by Crippen LogP contribution is 2.13. The molecule has 2 aromatic rings. The van der Waals surface area contributed by atoms with Crippen LogP contribution in [0, 0.1) is 0 Å². The van der Waals surface area contributed by atoms with Crippen LogP contribution >= 0.6 is 11.3 Å². The first-order valence-corrected chi connectivity index (χ1v) is 9.24. The number of hydrogen-bond acceptors (Lipinski definition) is 4. The molecule has 0 saturated heterocycles. The fraction of sp³-hybridized carbons (Fsp3) is 0.286. The summed E-state index contributed by atoms with van der Waals surface area (Å²) in [5, 5.41) is 1.83. The Kier molecular flexibility index (Phi) is 5.15. The molecule has 22 heavy (non-hydrogen) atoms. The molecule has 1 aromatic heterocycles. The molecule has 0 aliphatic heterocycles. The van der Waals surface area contributed by atoms with Gasteiger partial charge in [0.05, 0.1) is 5.75 Å². The van der Waals surface area contributed by atoms with Crippen molar-refractivity contribution in [2.45, 2.75) is 13.3 Å².